The van der Waals surface area contributed by atoms with E-state index in [1.165, 1.54) is 6.20 Å². The molecule has 3 aromatic rings. The Morgan fingerprint density at radius 2 is 1.79 bits per heavy atom. The Bertz CT molecular complexity index is 1020. The lowest BCUT2D eigenvalue weighted by atomic mass is 10.1. The third kappa shape index (κ3) is 4.19. The van der Waals surface area contributed by atoms with Crippen LogP contribution in [0.3, 0.4) is 0 Å². The number of carbonyl (C=O) groups excluding carboxylic acids is 1. The number of aryl methyl sites for hydroxylation is 1. The number of halogens is 3. The van der Waals surface area contributed by atoms with Crippen LogP contribution in [0.4, 0.5) is 29.9 Å². The number of alkyl halides is 3. The zero-order valence-electron chi connectivity index (χ0n) is 14.6. The minimum absolute atomic E-state index is 0.0620. The number of hydrogen-bond acceptors (Lipinski definition) is 7. The lowest BCUT2D eigenvalue weighted by Crippen LogP contribution is -2.12. The summed E-state index contributed by atoms with van der Waals surface area (Å²) in [4.78, 5) is 23.9. The summed E-state index contributed by atoms with van der Waals surface area (Å²) in [5.74, 6) is -0.448. The summed E-state index contributed by atoms with van der Waals surface area (Å²) in [6.45, 7) is 3.48. The molecule has 1 amide bonds. The zero-order valence-corrected chi connectivity index (χ0v) is 15.4. The summed E-state index contributed by atoms with van der Waals surface area (Å²) in [6.07, 6.45) is -1.89. The van der Waals surface area contributed by atoms with Crippen molar-refractivity contribution >= 4 is 34.0 Å². The van der Waals surface area contributed by atoms with Gasteiger partial charge in [0.05, 0.1) is 17.4 Å². The van der Waals surface area contributed by atoms with Crippen molar-refractivity contribution in [2.75, 3.05) is 10.6 Å². The number of nitrogens with zero attached hydrogens (tertiary/aromatic N) is 3. The van der Waals surface area contributed by atoms with Crippen LogP contribution < -0.4 is 10.6 Å². The number of carbonyl (C=O) groups is 1. The SMILES string of the molecule is Cc1ccc(O)c(C)c1NC(=O)c1cnc(Nc2ncc(C(F)(F)F)cn2)s1. The predicted octanol–water partition coefficient (Wildman–Crippen LogP) is 4.27. The van der Waals surface area contributed by atoms with Crippen molar-refractivity contribution < 1.29 is 23.1 Å². The molecule has 2 aromatic heterocycles. The fraction of sp³-hybridized carbons (Fsp3) is 0.176. The molecular formula is C17H14F3N5O2S. The number of thiazole rings is 1. The van der Waals surface area contributed by atoms with Gasteiger partial charge in [0.1, 0.15) is 10.6 Å². The van der Waals surface area contributed by atoms with Gasteiger partial charge in [-0.2, -0.15) is 13.2 Å². The van der Waals surface area contributed by atoms with Crippen LogP contribution in [0.1, 0.15) is 26.4 Å². The Kier molecular flexibility index (Phi) is 5.18. The van der Waals surface area contributed by atoms with Crippen LogP contribution in [-0.2, 0) is 6.18 Å². The second kappa shape index (κ2) is 7.43. The molecule has 28 heavy (non-hydrogen) atoms. The van der Waals surface area contributed by atoms with Gasteiger partial charge in [-0.3, -0.25) is 4.79 Å². The van der Waals surface area contributed by atoms with Gasteiger partial charge in [0, 0.05) is 18.0 Å². The molecule has 0 radical (unpaired) electrons. The number of aromatic hydroxyl groups is 1. The first-order valence-electron chi connectivity index (χ1n) is 7.88. The lowest BCUT2D eigenvalue weighted by molar-refractivity contribution is -0.138. The first-order chi connectivity index (χ1) is 13.1. The molecule has 0 aliphatic heterocycles. The highest BCUT2D eigenvalue weighted by molar-refractivity contribution is 7.17. The quantitative estimate of drug-likeness (QED) is 0.595. The second-order valence-corrected chi connectivity index (χ2v) is 6.83. The molecule has 7 nitrogen and oxygen atoms in total. The fourth-order valence-corrected chi connectivity index (χ4v) is 2.98. The average molecular weight is 409 g/mol. The maximum atomic E-state index is 12.5. The van der Waals surface area contributed by atoms with Gasteiger partial charge in [-0.05, 0) is 25.5 Å². The van der Waals surface area contributed by atoms with Crippen LogP contribution >= 0.6 is 11.3 Å². The van der Waals surface area contributed by atoms with E-state index in [9.17, 15) is 23.1 Å². The van der Waals surface area contributed by atoms with Crippen molar-refractivity contribution in [3.63, 3.8) is 0 Å². The molecule has 11 heteroatoms. The monoisotopic (exact) mass is 409 g/mol. The highest BCUT2D eigenvalue weighted by Gasteiger charge is 2.31. The third-order valence-electron chi connectivity index (χ3n) is 3.81. The van der Waals surface area contributed by atoms with Gasteiger partial charge in [-0.15, -0.1) is 0 Å². The van der Waals surface area contributed by atoms with Crippen LogP contribution in [0.15, 0.2) is 30.7 Å². The Morgan fingerprint density at radius 1 is 1.11 bits per heavy atom. The van der Waals surface area contributed by atoms with E-state index in [0.29, 0.717) is 23.6 Å². The smallest absolute Gasteiger partial charge is 0.419 e. The van der Waals surface area contributed by atoms with E-state index < -0.39 is 17.6 Å². The maximum absolute atomic E-state index is 12.5. The third-order valence-corrected chi connectivity index (χ3v) is 4.72. The minimum atomic E-state index is -4.52. The van der Waals surface area contributed by atoms with Gasteiger partial charge in [-0.1, -0.05) is 17.4 Å². The zero-order chi connectivity index (χ0) is 20.5. The minimum Gasteiger partial charge on any atom is -0.508 e. The maximum Gasteiger partial charge on any atom is 0.419 e. The van der Waals surface area contributed by atoms with E-state index in [1.54, 1.807) is 26.0 Å². The number of nitrogens with one attached hydrogen (secondary N) is 2. The Labute approximate surface area is 161 Å². The molecule has 3 N–H and O–H groups in total. The van der Waals surface area contributed by atoms with Crippen LogP contribution in [0.5, 0.6) is 5.75 Å². The van der Waals surface area contributed by atoms with E-state index in [-0.39, 0.29) is 21.7 Å². The second-order valence-electron chi connectivity index (χ2n) is 5.80. The van der Waals surface area contributed by atoms with Crippen molar-refractivity contribution in [1.29, 1.82) is 0 Å². The predicted molar refractivity (Wildman–Crippen MR) is 98.0 cm³/mol. The van der Waals surface area contributed by atoms with E-state index in [2.05, 4.69) is 25.6 Å². The summed E-state index contributed by atoms with van der Waals surface area (Å²) >= 11 is 0.982. The average Bonchev–Trinajstić information content (AvgIpc) is 3.10. The van der Waals surface area contributed by atoms with Crippen molar-refractivity contribution in [1.82, 2.24) is 15.0 Å². The first-order valence-corrected chi connectivity index (χ1v) is 8.69. The largest absolute Gasteiger partial charge is 0.508 e. The molecule has 0 saturated carbocycles. The molecule has 2 heterocycles. The summed E-state index contributed by atoms with van der Waals surface area (Å²) in [5, 5.41) is 15.4. The highest BCUT2D eigenvalue weighted by Crippen LogP contribution is 2.30. The lowest BCUT2D eigenvalue weighted by Gasteiger charge is -2.11. The standard InChI is InChI=1S/C17H14F3N5O2S/c1-8-3-4-11(26)9(2)13(8)24-14(27)12-7-23-16(28-12)25-15-21-5-10(6-22-15)17(18,19)20/h3-7,26H,1-2H3,(H,24,27)(H,21,22,23,25). The summed E-state index contributed by atoms with van der Waals surface area (Å²) < 4.78 is 37.6. The fourth-order valence-electron chi connectivity index (χ4n) is 2.28. The van der Waals surface area contributed by atoms with E-state index in [1.807, 2.05) is 0 Å². The molecule has 0 spiro atoms. The van der Waals surface area contributed by atoms with Gasteiger partial charge in [0.25, 0.3) is 5.91 Å². The number of amides is 1. The normalized spacial score (nSPS) is 11.3. The summed E-state index contributed by atoms with van der Waals surface area (Å²) in [7, 11) is 0. The van der Waals surface area contributed by atoms with Gasteiger partial charge >= 0.3 is 6.18 Å². The van der Waals surface area contributed by atoms with E-state index in [4.69, 9.17) is 0 Å². The van der Waals surface area contributed by atoms with Crippen LogP contribution in [-0.4, -0.2) is 26.0 Å². The van der Waals surface area contributed by atoms with Crippen LogP contribution in [0, 0.1) is 13.8 Å². The van der Waals surface area contributed by atoms with Gasteiger partial charge in [-0.25, -0.2) is 15.0 Å². The van der Waals surface area contributed by atoms with E-state index in [0.717, 1.165) is 16.9 Å². The number of benzene rings is 1. The van der Waals surface area contributed by atoms with Crippen LogP contribution in [0.2, 0.25) is 0 Å². The molecule has 0 fully saturated rings. The molecule has 0 saturated heterocycles. The molecule has 146 valence electrons. The number of phenolic OH excluding ortho intramolecular Hbond substituents is 1. The molecule has 0 atom stereocenters. The number of hydrogen-bond donors (Lipinski definition) is 3. The summed E-state index contributed by atoms with van der Waals surface area (Å²) in [6, 6.07) is 3.22. The number of rotatable bonds is 4. The van der Waals surface area contributed by atoms with Gasteiger partial charge in [0.2, 0.25) is 5.95 Å². The number of phenols is 1. The Hall–Kier alpha value is -3.21. The highest BCUT2D eigenvalue weighted by atomic mass is 32.1. The van der Waals surface area contributed by atoms with Crippen molar-refractivity contribution in [3.8, 4) is 5.75 Å². The van der Waals surface area contributed by atoms with Crippen molar-refractivity contribution in [2.45, 2.75) is 20.0 Å². The number of aromatic nitrogens is 3. The summed E-state index contributed by atoms with van der Waals surface area (Å²) in [5.41, 5.74) is 0.854. The molecule has 0 aliphatic carbocycles. The molecule has 0 unspecified atom stereocenters. The Morgan fingerprint density at radius 3 is 2.43 bits per heavy atom. The molecule has 3 rings (SSSR count). The number of anilines is 3. The molecule has 0 bridgehead atoms. The van der Waals surface area contributed by atoms with Crippen molar-refractivity contribution in [3.05, 3.63) is 52.3 Å². The molecule has 0 aliphatic rings. The van der Waals surface area contributed by atoms with Crippen LogP contribution in [0.25, 0.3) is 0 Å². The first kappa shape index (κ1) is 19.5. The Balaban J connectivity index is 1.72. The van der Waals surface area contributed by atoms with Gasteiger partial charge < -0.3 is 15.7 Å². The van der Waals surface area contributed by atoms with Gasteiger partial charge in [0.15, 0.2) is 5.13 Å². The van der Waals surface area contributed by atoms with Crippen molar-refractivity contribution in [2.24, 2.45) is 0 Å². The van der Waals surface area contributed by atoms with E-state index >= 15 is 0 Å². The molecule has 1 aromatic carbocycles. The topological polar surface area (TPSA) is 100 Å². The molecular weight excluding hydrogens is 395 g/mol.